The Morgan fingerprint density at radius 2 is 1.96 bits per heavy atom. The quantitative estimate of drug-likeness (QED) is 0.861. The zero-order chi connectivity index (χ0) is 16.5. The highest BCUT2D eigenvalue weighted by molar-refractivity contribution is 6.30. The number of halogens is 5. The van der Waals surface area contributed by atoms with Crippen LogP contribution in [0.1, 0.15) is 21.5 Å². The van der Waals surface area contributed by atoms with Gasteiger partial charge in [-0.05, 0) is 23.8 Å². The summed E-state index contributed by atoms with van der Waals surface area (Å²) in [6, 6.07) is 5.96. The number of nitrogens with two attached hydrogens (primary N) is 1. The van der Waals surface area contributed by atoms with Gasteiger partial charge < -0.3 is 10.3 Å². The number of pyridine rings is 1. The maximum absolute atomic E-state index is 12.7. The monoisotopic (exact) mass is 365 g/mol. The average Bonchev–Trinajstić information content (AvgIpc) is 2.41. The number of nitrogens with zero attached hydrogens (tertiary/aromatic N) is 1. The summed E-state index contributed by atoms with van der Waals surface area (Å²) >= 11 is 5.84. The van der Waals surface area contributed by atoms with Gasteiger partial charge in [0, 0.05) is 12.7 Å². The number of amides is 1. The van der Waals surface area contributed by atoms with E-state index in [0.29, 0.717) is 5.56 Å². The molecule has 2 rings (SSSR count). The SMILES string of the molecule is Cl.N=c1c(C(N)=O)cc(Cl)cn1Cc1cccc(C(F)(F)F)c1. The number of primary amides is 1. The summed E-state index contributed by atoms with van der Waals surface area (Å²) in [4.78, 5) is 11.2. The van der Waals surface area contributed by atoms with Crippen molar-refractivity contribution in [3.05, 3.63) is 63.7 Å². The number of rotatable bonds is 3. The molecule has 0 aliphatic heterocycles. The smallest absolute Gasteiger partial charge is 0.365 e. The lowest BCUT2D eigenvalue weighted by atomic mass is 10.1. The zero-order valence-corrected chi connectivity index (χ0v) is 13.1. The van der Waals surface area contributed by atoms with E-state index in [1.165, 1.54) is 29.0 Å². The van der Waals surface area contributed by atoms with Crippen LogP contribution in [-0.4, -0.2) is 10.5 Å². The Balaban J connectivity index is 0.00000264. The minimum absolute atomic E-state index is 0. The molecule has 0 unspecified atom stereocenters. The first kappa shape index (κ1) is 19.1. The van der Waals surface area contributed by atoms with Crippen molar-refractivity contribution in [2.75, 3.05) is 0 Å². The lowest BCUT2D eigenvalue weighted by Crippen LogP contribution is -2.29. The largest absolute Gasteiger partial charge is 0.416 e. The van der Waals surface area contributed by atoms with Gasteiger partial charge in [-0.2, -0.15) is 13.2 Å². The molecule has 0 saturated carbocycles. The van der Waals surface area contributed by atoms with E-state index in [9.17, 15) is 18.0 Å². The Labute approximate surface area is 140 Å². The molecule has 1 amide bonds. The van der Waals surface area contributed by atoms with Crippen molar-refractivity contribution in [1.29, 1.82) is 5.41 Å². The van der Waals surface area contributed by atoms with Gasteiger partial charge in [0.05, 0.1) is 16.1 Å². The molecule has 124 valence electrons. The fourth-order valence-electron chi connectivity index (χ4n) is 1.97. The van der Waals surface area contributed by atoms with Crippen LogP contribution < -0.4 is 11.2 Å². The van der Waals surface area contributed by atoms with Gasteiger partial charge in [0.2, 0.25) is 0 Å². The van der Waals surface area contributed by atoms with Crippen LogP contribution in [0.5, 0.6) is 0 Å². The molecule has 4 nitrogen and oxygen atoms in total. The molecule has 0 spiro atoms. The number of hydrogen-bond acceptors (Lipinski definition) is 2. The van der Waals surface area contributed by atoms with Gasteiger partial charge in [-0.15, -0.1) is 12.4 Å². The summed E-state index contributed by atoms with van der Waals surface area (Å²) in [5.74, 6) is -0.828. The van der Waals surface area contributed by atoms with E-state index in [1.54, 1.807) is 0 Å². The summed E-state index contributed by atoms with van der Waals surface area (Å²) in [5, 5.41) is 8.04. The Morgan fingerprint density at radius 3 is 2.52 bits per heavy atom. The first-order chi connectivity index (χ1) is 10.2. The first-order valence-corrected chi connectivity index (χ1v) is 6.47. The number of carbonyl (C=O) groups is 1. The Bertz CT molecular complexity index is 788. The molecule has 9 heteroatoms. The Morgan fingerprint density at radius 1 is 1.30 bits per heavy atom. The lowest BCUT2D eigenvalue weighted by molar-refractivity contribution is -0.137. The van der Waals surface area contributed by atoms with Crippen molar-refractivity contribution in [3.63, 3.8) is 0 Å². The Hall–Kier alpha value is -1.99. The zero-order valence-electron chi connectivity index (χ0n) is 11.5. The highest BCUT2D eigenvalue weighted by Crippen LogP contribution is 2.29. The minimum atomic E-state index is -4.45. The van der Waals surface area contributed by atoms with Crippen LogP contribution in [0.2, 0.25) is 5.02 Å². The van der Waals surface area contributed by atoms with E-state index in [1.807, 2.05) is 0 Å². The van der Waals surface area contributed by atoms with E-state index in [4.69, 9.17) is 22.7 Å². The predicted octanol–water partition coefficient (Wildman–Crippen LogP) is 3.21. The number of benzene rings is 1. The van der Waals surface area contributed by atoms with E-state index < -0.39 is 17.6 Å². The fraction of sp³-hybridized carbons (Fsp3) is 0.143. The standard InChI is InChI=1S/C14H11ClF3N3O.ClH/c15-10-5-11(13(20)22)12(19)21(7-10)6-8-2-1-3-9(4-8)14(16,17)18;/h1-5,7,19H,6H2,(H2,20,22);1H. The van der Waals surface area contributed by atoms with Crippen molar-refractivity contribution in [2.24, 2.45) is 5.73 Å². The fourth-order valence-corrected chi connectivity index (χ4v) is 2.19. The molecule has 3 N–H and O–H groups in total. The van der Waals surface area contributed by atoms with Crippen LogP contribution in [0.4, 0.5) is 13.2 Å². The molecule has 1 heterocycles. The van der Waals surface area contributed by atoms with Gasteiger partial charge in [-0.25, -0.2) is 0 Å². The maximum atomic E-state index is 12.7. The second-order valence-electron chi connectivity index (χ2n) is 4.61. The number of alkyl halides is 3. The van der Waals surface area contributed by atoms with Crippen molar-refractivity contribution in [2.45, 2.75) is 12.7 Å². The van der Waals surface area contributed by atoms with Crippen LogP contribution in [-0.2, 0) is 12.7 Å². The first-order valence-electron chi connectivity index (χ1n) is 6.09. The van der Waals surface area contributed by atoms with Crippen molar-refractivity contribution >= 4 is 29.9 Å². The third kappa shape index (κ3) is 4.49. The molecule has 0 bridgehead atoms. The van der Waals surface area contributed by atoms with Gasteiger partial charge >= 0.3 is 6.18 Å². The number of carbonyl (C=O) groups excluding carboxylic acids is 1. The molecule has 0 saturated heterocycles. The lowest BCUT2D eigenvalue weighted by Gasteiger charge is -2.12. The normalized spacial score (nSPS) is 11.0. The third-order valence-corrected chi connectivity index (χ3v) is 3.18. The molecule has 0 fully saturated rings. The number of nitrogens with one attached hydrogen (secondary N) is 1. The number of aromatic nitrogens is 1. The van der Waals surface area contributed by atoms with Gasteiger partial charge in [-0.3, -0.25) is 10.2 Å². The number of hydrogen-bond donors (Lipinski definition) is 2. The molecule has 0 aliphatic rings. The van der Waals surface area contributed by atoms with Crippen LogP contribution in [0.25, 0.3) is 0 Å². The second kappa shape index (κ2) is 7.06. The second-order valence-corrected chi connectivity index (χ2v) is 5.05. The predicted molar refractivity (Wildman–Crippen MR) is 81.6 cm³/mol. The molecule has 23 heavy (non-hydrogen) atoms. The summed E-state index contributed by atoms with van der Waals surface area (Å²) < 4.78 is 39.3. The molecule has 0 atom stereocenters. The average molecular weight is 366 g/mol. The molecule has 2 aromatic rings. The minimum Gasteiger partial charge on any atom is -0.365 e. The Kier molecular flexibility index (Phi) is 5.85. The van der Waals surface area contributed by atoms with E-state index in [0.717, 1.165) is 12.1 Å². The van der Waals surface area contributed by atoms with E-state index in [2.05, 4.69) is 0 Å². The molecular formula is C14H12Cl2F3N3O. The molecule has 0 radical (unpaired) electrons. The molecule has 1 aromatic heterocycles. The highest BCUT2D eigenvalue weighted by Gasteiger charge is 2.30. The van der Waals surface area contributed by atoms with Crippen LogP contribution in [0.15, 0.2) is 36.5 Å². The van der Waals surface area contributed by atoms with Crippen LogP contribution >= 0.6 is 24.0 Å². The van der Waals surface area contributed by atoms with E-state index >= 15 is 0 Å². The third-order valence-electron chi connectivity index (χ3n) is 2.98. The molecular weight excluding hydrogens is 354 g/mol. The molecule has 1 aromatic carbocycles. The summed E-state index contributed by atoms with van der Waals surface area (Å²) in [6.45, 7) is -0.0381. The highest BCUT2D eigenvalue weighted by atomic mass is 35.5. The summed E-state index contributed by atoms with van der Waals surface area (Å²) in [7, 11) is 0. The summed E-state index contributed by atoms with van der Waals surface area (Å²) in [6.07, 6.45) is -3.09. The maximum Gasteiger partial charge on any atom is 0.416 e. The summed E-state index contributed by atoms with van der Waals surface area (Å²) in [5.41, 5.74) is 4.38. The van der Waals surface area contributed by atoms with E-state index in [-0.39, 0.29) is 35.0 Å². The topological polar surface area (TPSA) is 71.9 Å². The van der Waals surface area contributed by atoms with Crippen molar-refractivity contribution < 1.29 is 18.0 Å². The van der Waals surface area contributed by atoms with Gasteiger partial charge in [-0.1, -0.05) is 23.7 Å². The van der Waals surface area contributed by atoms with Gasteiger partial charge in [0.25, 0.3) is 5.91 Å². The van der Waals surface area contributed by atoms with Crippen molar-refractivity contribution in [3.8, 4) is 0 Å². The molecule has 0 aliphatic carbocycles. The van der Waals surface area contributed by atoms with Crippen LogP contribution in [0, 0.1) is 5.41 Å². The van der Waals surface area contributed by atoms with Gasteiger partial charge in [0.1, 0.15) is 5.49 Å². The van der Waals surface area contributed by atoms with Crippen molar-refractivity contribution in [1.82, 2.24) is 4.57 Å². The van der Waals surface area contributed by atoms with Crippen LogP contribution in [0.3, 0.4) is 0 Å². The van der Waals surface area contributed by atoms with Gasteiger partial charge in [0.15, 0.2) is 0 Å².